The first-order valence-electron chi connectivity index (χ1n) is 5.36. The Hall–Kier alpha value is -2.56. The fourth-order valence-corrected chi connectivity index (χ4v) is 1.75. The molecule has 4 nitrogen and oxygen atoms in total. The van der Waals surface area contributed by atoms with Crippen molar-refractivity contribution in [3.8, 4) is 11.1 Å². The molecule has 2 aromatic heterocycles. The summed E-state index contributed by atoms with van der Waals surface area (Å²) in [5.41, 5.74) is 8.79. The summed E-state index contributed by atoms with van der Waals surface area (Å²) in [6, 6.07) is 8.59. The predicted octanol–water partition coefficient (Wildman–Crippen LogP) is 2.41. The third kappa shape index (κ3) is 1.86. The number of nitrogens with zero attached hydrogens (tertiary/aromatic N) is 3. The van der Waals surface area contributed by atoms with Crippen LogP contribution in [0.15, 0.2) is 42.7 Å². The summed E-state index contributed by atoms with van der Waals surface area (Å²) in [6.45, 7) is 0. The Morgan fingerprint density at radius 3 is 2.50 bits per heavy atom. The molecule has 2 N–H and O–H groups in total. The molecule has 0 atom stereocenters. The van der Waals surface area contributed by atoms with Crippen molar-refractivity contribution in [2.45, 2.75) is 0 Å². The molecular weight excluding hydrogens is 231 g/mol. The lowest BCUT2D eigenvalue weighted by molar-refractivity contribution is 0.584. The van der Waals surface area contributed by atoms with Gasteiger partial charge in [-0.1, -0.05) is 6.07 Å². The van der Waals surface area contributed by atoms with Crippen LogP contribution in [-0.2, 0) is 0 Å². The van der Waals surface area contributed by atoms with Crippen LogP contribution in [-0.4, -0.2) is 15.0 Å². The Morgan fingerprint density at radius 2 is 1.72 bits per heavy atom. The second-order valence-corrected chi connectivity index (χ2v) is 3.87. The van der Waals surface area contributed by atoms with Crippen molar-refractivity contribution < 1.29 is 4.39 Å². The molecular formula is C13H9FN4. The first kappa shape index (κ1) is 10.6. The van der Waals surface area contributed by atoms with Gasteiger partial charge in [0.25, 0.3) is 0 Å². The zero-order chi connectivity index (χ0) is 12.5. The molecule has 0 aliphatic carbocycles. The molecule has 0 bridgehead atoms. The Kier molecular flexibility index (Phi) is 2.37. The van der Waals surface area contributed by atoms with Gasteiger partial charge in [-0.3, -0.25) is 4.98 Å². The number of halogens is 1. The number of nitrogen functional groups attached to an aromatic ring is 1. The number of anilines is 1. The fourth-order valence-electron chi connectivity index (χ4n) is 1.75. The highest BCUT2D eigenvalue weighted by molar-refractivity contribution is 5.81. The van der Waals surface area contributed by atoms with Gasteiger partial charge in [0, 0.05) is 11.8 Å². The maximum atomic E-state index is 12.8. The zero-order valence-electron chi connectivity index (χ0n) is 9.34. The average molecular weight is 240 g/mol. The van der Waals surface area contributed by atoms with Crippen LogP contribution in [0.5, 0.6) is 0 Å². The highest BCUT2D eigenvalue weighted by Crippen LogP contribution is 2.22. The first-order valence-corrected chi connectivity index (χ1v) is 5.36. The molecule has 18 heavy (non-hydrogen) atoms. The molecule has 0 amide bonds. The number of hydrogen-bond acceptors (Lipinski definition) is 4. The van der Waals surface area contributed by atoms with Gasteiger partial charge in [0.15, 0.2) is 0 Å². The van der Waals surface area contributed by atoms with E-state index in [0.717, 1.165) is 16.6 Å². The molecule has 0 unspecified atom stereocenters. The maximum absolute atomic E-state index is 12.8. The van der Waals surface area contributed by atoms with Crippen molar-refractivity contribution in [1.82, 2.24) is 15.0 Å². The quantitative estimate of drug-likeness (QED) is 0.663. The highest BCUT2D eigenvalue weighted by Gasteiger charge is 2.03. The highest BCUT2D eigenvalue weighted by atomic mass is 19.1. The number of benzene rings is 1. The number of rotatable bonds is 1. The largest absolute Gasteiger partial charge is 0.382 e. The number of pyridine rings is 1. The predicted molar refractivity (Wildman–Crippen MR) is 67.1 cm³/mol. The van der Waals surface area contributed by atoms with Gasteiger partial charge in [-0.15, -0.1) is 0 Å². The van der Waals surface area contributed by atoms with Crippen molar-refractivity contribution in [2.24, 2.45) is 0 Å². The van der Waals surface area contributed by atoms with Gasteiger partial charge in [-0.2, -0.15) is 4.39 Å². The number of fused-ring (bicyclic) bond motifs is 1. The monoisotopic (exact) mass is 240 g/mol. The van der Waals surface area contributed by atoms with Gasteiger partial charge < -0.3 is 5.73 Å². The fraction of sp³-hybridized carbons (Fsp3) is 0. The Morgan fingerprint density at radius 1 is 0.889 bits per heavy atom. The lowest BCUT2D eigenvalue weighted by Gasteiger charge is -2.03. The first-order chi connectivity index (χ1) is 8.72. The Labute approximate surface area is 102 Å². The van der Waals surface area contributed by atoms with Crippen molar-refractivity contribution in [3.05, 3.63) is 48.7 Å². The van der Waals surface area contributed by atoms with E-state index in [9.17, 15) is 4.39 Å². The molecule has 0 saturated carbocycles. The van der Waals surface area contributed by atoms with E-state index in [0.29, 0.717) is 11.3 Å². The molecule has 0 saturated heterocycles. The number of nitrogens with two attached hydrogens (primary N) is 1. The molecule has 0 aliphatic heterocycles. The van der Waals surface area contributed by atoms with E-state index in [4.69, 9.17) is 5.73 Å². The summed E-state index contributed by atoms with van der Waals surface area (Å²) in [7, 11) is 0. The summed E-state index contributed by atoms with van der Waals surface area (Å²) in [4.78, 5) is 12.0. The normalized spacial score (nSPS) is 10.7. The molecule has 3 rings (SSSR count). The number of hydrogen-bond donors (Lipinski definition) is 1. The van der Waals surface area contributed by atoms with Crippen molar-refractivity contribution >= 4 is 16.9 Å². The lowest BCUT2D eigenvalue weighted by atomic mass is 10.1. The molecule has 0 fully saturated rings. The van der Waals surface area contributed by atoms with Gasteiger partial charge in [0.2, 0.25) is 5.95 Å². The third-order valence-corrected chi connectivity index (χ3v) is 2.62. The minimum Gasteiger partial charge on any atom is -0.382 e. The number of aromatic nitrogens is 3. The molecule has 0 radical (unpaired) electrons. The second kappa shape index (κ2) is 4.03. The van der Waals surface area contributed by atoms with E-state index in [1.807, 2.05) is 18.2 Å². The molecule has 2 heterocycles. The van der Waals surface area contributed by atoms with Crippen molar-refractivity contribution in [3.63, 3.8) is 0 Å². The molecule has 0 aliphatic rings. The Balaban J connectivity index is 2.15. The van der Waals surface area contributed by atoms with Crippen LogP contribution in [0.25, 0.3) is 22.2 Å². The van der Waals surface area contributed by atoms with Crippen LogP contribution >= 0.6 is 0 Å². The maximum Gasteiger partial charge on any atom is 0.212 e. The van der Waals surface area contributed by atoms with E-state index in [2.05, 4.69) is 15.0 Å². The van der Waals surface area contributed by atoms with E-state index in [1.165, 1.54) is 18.5 Å². The SMILES string of the molecule is Nc1cnc2ccc(-c3ccc(F)nc3)cc2n1. The van der Waals surface area contributed by atoms with Gasteiger partial charge >= 0.3 is 0 Å². The summed E-state index contributed by atoms with van der Waals surface area (Å²) in [5, 5.41) is 0. The summed E-state index contributed by atoms with van der Waals surface area (Å²) in [6.07, 6.45) is 3.00. The lowest BCUT2D eigenvalue weighted by Crippen LogP contribution is -1.92. The van der Waals surface area contributed by atoms with E-state index >= 15 is 0 Å². The summed E-state index contributed by atoms with van der Waals surface area (Å²) < 4.78 is 12.8. The molecule has 88 valence electrons. The standard InChI is InChI=1S/C13H9FN4/c14-12-4-2-9(6-17-12)8-1-3-10-11(5-8)18-13(15)7-16-10/h1-7H,(H2,15,18). The van der Waals surface area contributed by atoms with Gasteiger partial charge in [0.1, 0.15) is 5.82 Å². The molecule has 5 heteroatoms. The smallest absolute Gasteiger partial charge is 0.212 e. The van der Waals surface area contributed by atoms with E-state index < -0.39 is 5.95 Å². The molecule has 0 spiro atoms. The zero-order valence-corrected chi connectivity index (χ0v) is 9.34. The van der Waals surface area contributed by atoms with Crippen molar-refractivity contribution in [2.75, 3.05) is 5.73 Å². The van der Waals surface area contributed by atoms with Gasteiger partial charge in [-0.25, -0.2) is 9.97 Å². The van der Waals surface area contributed by atoms with E-state index in [1.54, 1.807) is 6.07 Å². The van der Waals surface area contributed by atoms with Crippen LogP contribution in [0.2, 0.25) is 0 Å². The molecule has 1 aromatic carbocycles. The van der Waals surface area contributed by atoms with Crippen LogP contribution in [0.1, 0.15) is 0 Å². The minimum atomic E-state index is -0.497. The average Bonchev–Trinajstić information content (AvgIpc) is 2.38. The van der Waals surface area contributed by atoms with Gasteiger partial charge in [-0.05, 0) is 29.8 Å². The van der Waals surface area contributed by atoms with Crippen LogP contribution in [0.3, 0.4) is 0 Å². The van der Waals surface area contributed by atoms with Crippen LogP contribution in [0.4, 0.5) is 10.2 Å². The summed E-state index contributed by atoms with van der Waals surface area (Å²) >= 11 is 0. The topological polar surface area (TPSA) is 64.7 Å². The second-order valence-electron chi connectivity index (χ2n) is 3.87. The molecule has 3 aromatic rings. The van der Waals surface area contributed by atoms with Crippen molar-refractivity contribution in [1.29, 1.82) is 0 Å². The van der Waals surface area contributed by atoms with Crippen LogP contribution in [0, 0.1) is 5.95 Å². The van der Waals surface area contributed by atoms with Crippen LogP contribution < -0.4 is 5.73 Å². The Bertz CT molecular complexity index is 710. The minimum absolute atomic E-state index is 0.372. The van der Waals surface area contributed by atoms with E-state index in [-0.39, 0.29) is 0 Å². The van der Waals surface area contributed by atoms with Gasteiger partial charge in [0.05, 0.1) is 17.2 Å². The summed E-state index contributed by atoms with van der Waals surface area (Å²) in [5.74, 6) is -0.125. The third-order valence-electron chi connectivity index (χ3n) is 2.62.